The van der Waals surface area contributed by atoms with Gasteiger partial charge in [0.05, 0.1) is 12.8 Å². The van der Waals surface area contributed by atoms with Crippen molar-refractivity contribution in [3.63, 3.8) is 0 Å². The summed E-state index contributed by atoms with van der Waals surface area (Å²) in [6, 6.07) is 12.3. The van der Waals surface area contributed by atoms with Crippen molar-refractivity contribution in [3.05, 3.63) is 60.0 Å². The number of nitrogens with zero attached hydrogens (tertiary/aromatic N) is 2. The zero-order valence-corrected chi connectivity index (χ0v) is 11.4. The van der Waals surface area contributed by atoms with Crippen molar-refractivity contribution in [2.45, 2.75) is 13.1 Å². The molecule has 0 amide bonds. The molecule has 1 aromatic carbocycles. The third kappa shape index (κ3) is 2.38. The molecule has 2 N–H and O–H groups in total. The molecule has 0 unspecified atom stereocenters. The smallest absolute Gasteiger partial charge is 0.119 e. The number of aromatic nitrogens is 2. The predicted octanol–water partition coefficient (Wildman–Crippen LogP) is 2.55. The summed E-state index contributed by atoms with van der Waals surface area (Å²) in [7, 11) is 1.68. The van der Waals surface area contributed by atoms with Crippen LogP contribution in [0.3, 0.4) is 0 Å². The fourth-order valence-electron chi connectivity index (χ4n) is 2.38. The van der Waals surface area contributed by atoms with E-state index < -0.39 is 0 Å². The van der Waals surface area contributed by atoms with Crippen LogP contribution in [0.15, 0.2) is 48.8 Å². The largest absolute Gasteiger partial charge is 0.497 e. The molecule has 0 aliphatic heterocycles. The van der Waals surface area contributed by atoms with Crippen LogP contribution >= 0.6 is 0 Å². The second kappa shape index (κ2) is 5.35. The van der Waals surface area contributed by atoms with Gasteiger partial charge in [-0.15, -0.1) is 0 Å². The second-order valence-electron chi connectivity index (χ2n) is 4.73. The first-order chi connectivity index (χ1) is 9.80. The minimum atomic E-state index is 0.470. The molecule has 0 aliphatic rings. The molecule has 3 rings (SSSR count). The average molecular weight is 267 g/mol. The van der Waals surface area contributed by atoms with Gasteiger partial charge in [-0.3, -0.25) is 4.98 Å². The van der Waals surface area contributed by atoms with E-state index in [1.807, 2.05) is 24.4 Å². The number of methoxy groups -OCH3 is 1. The van der Waals surface area contributed by atoms with Gasteiger partial charge in [0.1, 0.15) is 5.75 Å². The number of benzene rings is 1. The van der Waals surface area contributed by atoms with Crippen LogP contribution in [0.2, 0.25) is 0 Å². The molecule has 0 fully saturated rings. The minimum absolute atomic E-state index is 0.470. The van der Waals surface area contributed by atoms with E-state index in [1.165, 1.54) is 16.5 Å². The molecule has 2 heterocycles. The molecule has 0 radical (unpaired) electrons. The minimum Gasteiger partial charge on any atom is -0.497 e. The van der Waals surface area contributed by atoms with Gasteiger partial charge in [0, 0.05) is 36.4 Å². The molecule has 0 atom stereocenters. The van der Waals surface area contributed by atoms with E-state index >= 15 is 0 Å². The second-order valence-corrected chi connectivity index (χ2v) is 4.73. The Hall–Kier alpha value is -2.33. The lowest BCUT2D eigenvalue weighted by atomic mass is 10.2. The molecule has 0 saturated heterocycles. The standard InChI is InChI=1S/C16H17N3O/c1-20-15-2-3-16-13(9-15)5-7-19(16)11-12-4-6-18-14(8-12)10-17/h2-9H,10-11,17H2,1H3. The Bertz CT molecular complexity index is 733. The predicted molar refractivity (Wildman–Crippen MR) is 79.7 cm³/mol. The molecular formula is C16H17N3O. The number of nitrogens with two attached hydrogens (primary N) is 1. The van der Waals surface area contributed by atoms with Gasteiger partial charge in [-0.1, -0.05) is 0 Å². The highest BCUT2D eigenvalue weighted by Gasteiger charge is 2.04. The Morgan fingerprint density at radius 2 is 2.10 bits per heavy atom. The third-order valence-corrected chi connectivity index (χ3v) is 3.42. The summed E-state index contributed by atoms with van der Waals surface area (Å²) in [4.78, 5) is 4.22. The zero-order chi connectivity index (χ0) is 13.9. The molecule has 20 heavy (non-hydrogen) atoms. The quantitative estimate of drug-likeness (QED) is 0.790. The van der Waals surface area contributed by atoms with Crippen LogP contribution in [-0.4, -0.2) is 16.7 Å². The Morgan fingerprint density at radius 3 is 2.90 bits per heavy atom. The molecule has 0 aliphatic carbocycles. The van der Waals surface area contributed by atoms with Gasteiger partial charge in [-0.2, -0.15) is 0 Å². The third-order valence-electron chi connectivity index (χ3n) is 3.42. The number of rotatable bonds is 4. The molecule has 4 heteroatoms. The van der Waals surface area contributed by atoms with Crippen LogP contribution in [0.1, 0.15) is 11.3 Å². The van der Waals surface area contributed by atoms with Crippen molar-refractivity contribution in [3.8, 4) is 5.75 Å². The van der Waals surface area contributed by atoms with Crippen LogP contribution in [0.25, 0.3) is 10.9 Å². The summed E-state index contributed by atoms with van der Waals surface area (Å²) >= 11 is 0. The number of fused-ring (bicyclic) bond motifs is 1. The number of hydrogen-bond acceptors (Lipinski definition) is 3. The SMILES string of the molecule is COc1ccc2c(ccn2Cc2ccnc(CN)c2)c1. The average Bonchev–Trinajstić information content (AvgIpc) is 2.89. The van der Waals surface area contributed by atoms with Crippen molar-refractivity contribution < 1.29 is 4.74 Å². The number of hydrogen-bond donors (Lipinski definition) is 1. The summed E-state index contributed by atoms with van der Waals surface area (Å²) < 4.78 is 7.46. The molecule has 4 nitrogen and oxygen atoms in total. The van der Waals surface area contributed by atoms with E-state index in [9.17, 15) is 0 Å². The fourth-order valence-corrected chi connectivity index (χ4v) is 2.38. The van der Waals surface area contributed by atoms with Gasteiger partial charge in [0.2, 0.25) is 0 Å². The van der Waals surface area contributed by atoms with Crippen molar-refractivity contribution in [1.29, 1.82) is 0 Å². The van der Waals surface area contributed by atoms with Gasteiger partial charge in [-0.05, 0) is 42.0 Å². The topological polar surface area (TPSA) is 53.1 Å². The van der Waals surface area contributed by atoms with Gasteiger partial charge in [0.15, 0.2) is 0 Å². The zero-order valence-electron chi connectivity index (χ0n) is 11.4. The summed E-state index contributed by atoms with van der Waals surface area (Å²) in [5.74, 6) is 0.879. The maximum Gasteiger partial charge on any atom is 0.119 e. The van der Waals surface area contributed by atoms with Crippen LogP contribution in [0, 0.1) is 0 Å². The van der Waals surface area contributed by atoms with Crippen molar-refractivity contribution in [2.24, 2.45) is 5.73 Å². The Kier molecular flexibility index (Phi) is 3.39. The fraction of sp³-hybridized carbons (Fsp3) is 0.188. The van der Waals surface area contributed by atoms with E-state index in [1.54, 1.807) is 7.11 Å². The van der Waals surface area contributed by atoms with Gasteiger partial charge >= 0.3 is 0 Å². The molecule has 2 aromatic heterocycles. The van der Waals surface area contributed by atoms with Gasteiger partial charge in [0.25, 0.3) is 0 Å². The van der Waals surface area contributed by atoms with E-state index in [0.29, 0.717) is 6.54 Å². The highest BCUT2D eigenvalue weighted by atomic mass is 16.5. The lowest BCUT2D eigenvalue weighted by Crippen LogP contribution is -2.03. The summed E-state index contributed by atoms with van der Waals surface area (Å²) in [6.45, 7) is 1.28. The normalized spacial score (nSPS) is 10.9. The lowest BCUT2D eigenvalue weighted by Gasteiger charge is -2.07. The van der Waals surface area contributed by atoms with Crippen LogP contribution in [0.4, 0.5) is 0 Å². The van der Waals surface area contributed by atoms with Crippen LogP contribution < -0.4 is 10.5 Å². The van der Waals surface area contributed by atoms with E-state index in [2.05, 4.69) is 33.9 Å². The van der Waals surface area contributed by atoms with E-state index in [0.717, 1.165) is 18.0 Å². The summed E-state index contributed by atoms with van der Waals surface area (Å²) in [5, 5.41) is 1.18. The number of ether oxygens (including phenoxy) is 1. The first-order valence-corrected chi connectivity index (χ1v) is 6.57. The first kappa shape index (κ1) is 12.7. The number of pyridine rings is 1. The highest BCUT2D eigenvalue weighted by molar-refractivity contribution is 5.81. The molecular weight excluding hydrogens is 250 g/mol. The van der Waals surface area contributed by atoms with Gasteiger partial charge < -0.3 is 15.0 Å². The van der Waals surface area contributed by atoms with Crippen LogP contribution in [0.5, 0.6) is 5.75 Å². The molecule has 0 spiro atoms. The van der Waals surface area contributed by atoms with E-state index in [-0.39, 0.29) is 0 Å². The van der Waals surface area contributed by atoms with Gasteiger partial charge in [-0.25, -0.2) is 0 Å². The van der Waals surface area contributed by atoms with Crippen LogP contribution in [-0.2, 0) is 13.1 Å². The summed E-state index contributed by atoms with van der Waals surface area (Å²) in [5.41, 5.74) is 8.94. The molecule has 102 valence electrons. The van der Waals surface area contributed by atoms with Crippen molar-refractivity contribution in [2.75, 3.05) is 7.11 Å². The first-order valence-electron chi connectivity index (χ1n) is 6.57. The highest BCUT2D eigenvalue weighted by Crippen LogP contribution is 2.22. The van der Waals surface area contributed by atoms with E-state index in [4.69, 9.17) is 10.5 Å². The van der Waals surface area contributed by atoms with Crippen molar-refractivity contribution in [1.82, 2.24) is 9.55 Å². The molecule has 0 bridgehead atoms. The maximum atomic E-state index is 5.63. The Labute approximate surface area is 117 Å². The summed E-state index contributed by atoms with van der Waals surface area (Å²) in [6.07, 6.45) is 3.90. The lowest BCUT2D eigenvalue weighted by molar-refractivity contribution is 0.415. The molecule has 0 saturated carbocycles. The maximum absolute atomic E-state index is 5.63. The van der Waals surface area contributed by atoms with Crippen molar-refractivity contribution >= 4 is 10.9 Å². The monoisotopic (exact) mass is 267 g/mol. The molecule has 3 aromatic rings. The Balaban J connectivity index is 1.94. The Morgan fingerprint density at radius 1 is 1.20 bits per heavy atom.